The van der Waals surface area contributed by atoms with Crippen LogP contribution in [-0.4, -0.2) is 29.2 Å². The van der Waals surface area contributed by atoms with Gasteiger partial charge in [0.05, 0.1) is 15.5 Å². The molecule has 26 heavy (non-hydrogen) atoms. The second-order valence-electron chi connectivity index (χ2n) is 5.18. The number of esters is 1. The van der Waals surface area contributed by atoms with Crippen molar-refractivity contribution in [2.45, 2.75) is 6.92 Å². The molecule has 8 nitrogen and oxygen atoms in total. The van der Waals surface area contributed by atoms with Gasteiger partial charge in [-0.1, -0.05) is 23.7 Å². The largest absolute Gasteiger partial charge is 0.452 e. The zero-order valence-corrected chi connectivity index (χ0v) is 14.3. The number of carbonyl (C=O) groups is 3. The number of anilines is 1. The van der Waals surface area contributed by atoms with Crippen molar-refractivity contribution in [3.05, 3.63) is 68.7 Å². The number of hydrogen-bond donors (Lipinski definition) is 1. The Balaban J connectivity index is 1.97. The molecule has 0 bridgehead atoms. The topological polar surface area (TPSA) is 116 Å². The van der Waals surface area contributed by atoms with Gasteiger partial charge in [0.1, 0.15) is 0 Å². The Kier molecular flexibility index (Phi) is 6.03. The lowest BCUT2D eigenvalue weighted by Gasteiger charge is -2.08. The SMILES string of the molecule is CC(=O)c1cccc(NC(=O)COC(=O)c2ccc([N+](=O)[O-])cc2Cl)c1. The number of carbonyl (C=O) groups excluding carboxylic acids is 3. The second-order valence-corrected chi connectivity index (χ2v) is 5.59. The molecular weight excluding hydrogens is 364 g/mol. The fourth-order valence-corrected chi connectivity index (χ4v) is 2.26. The third kappa shape index (κ3) is 4.87. The van der Waals surface area contributed by atoms with Crippen molar-refractivity contribution >= 4 is 40.6 Å². The van der Waals surface area contributed by atoms with E-state index in [9.17, 15) is 24.5 Å². The Hall–Kier alpha value is -3.26. The van der Waals surface area contributed by atoms with Gasteiger partial charge in [-0.25, -0.2) is 4.79 Å². The van der Waals surface area contributed by atoms with Gasteiger partial charge in [0.15, 0.2) is 12.4 Å². The molecule has 0 saturated heterocycles. The molecule has 0 aliphatic carbocycles. The third-order valence-corrected chi connectivity index (χ3v) is 3.58. The Labute approximate surface area is 152 Å². The average molecular weight is 377 g/mol. The molecule has 2 rings (SSSR count). The molecule has 0 unspecified atom stereocenters. The van der Waals surface area contributed by atoms with Crippen molar-refractivity contribution in [2.24, 2.45) is 0 Å². The van der Waals surface area contributed by atoms with Crippen molar-refractivity contribution in [2.75, 3.05) is 11.9 Å². The van der Waals surface area contributed by atoms with Crippen molar-refractivity contribution in [1.29, 1.82) is 0 Å². The van der Waals surface area contributed by atoms with Crippen LogP contribution in [0, 0.1) is 10.1 Å². The number of nitro groups is 1. The number of ether oxygens (including phenoxy) is 1. The number of nitro benzene ring substituents is 1. The number of rotatable bonds is 6. The number of ketones is 1. The molecule has 0 spiro atoms. The van der Waals surface area contributed by atoms with E-state index in [2.05, 4.69) is 5.32 Å². The number of non-ortho nitro benzene ring substituents is 1. The van der Waals surface area contributed by atoms with Gasteiger partial charge in [-0.05, 0) is 25.1 Å². The summed E-state index contributed by atoms with van der Waals surface area (Å²) in [6.45, 7) is 0.813. The first kappa shape index (κ1) is 19.1. The summed E-state index contributed by atoms with van der Waals surface area (Å²) in [7, 11) is 0. The normalized spacial score (nSPS) is 10.1. The third-order valence-electron chi connectivity index (χ3n) is 3.27. The summed E-state index contributed by atoms with van der Waals surface area (Å²) in [6, 6.07) is 9.57. The lowest BCUT2D eigenvalue weighted by Crippen LogP contribution is -2.21. The van der Waals surface area contributed by atoms with Gasteiger partial charge in [-0.2, -0.15) is 0 Å². The monoisotopic (exact) mass is 376 g/mol. The highest BCUT2D eigenvalue weighted by Crippen LogP contribution is 2.23. The predicted molar refractivity (Wildman–Crippen MR) is 93.5 cm³/mol. The van der Waals surface area contributed by atoms with Gasteiger partial charge < -0.3 is 10.1 Å². The van der Waals surface area contributed by atoms with Crippen LogP contribution in [0.5, 0.6) is 0 Å². The van der Waals surface area contributed by atoms with Gasteiger partial charge in [0.2, 0.25) is 0 Å². The second kappa shape index (κ2) is 8.21. The van der Waals surface area contributed by atoms with Crippen LogP contribution in [0.2, 0.25) is 5.02 Å². The molecular formula is C17H13ClN2O6. The molecule has 2 aromatic carbocycles. The number of amides is 1. The van der Waals surface area contributed by atoms with E-state index in [-0.39, 0.29) is 22.1 Å². The van der Waals surface area contributed by atoms with Crippen molar-refractivity contribution in [3.8, 4) is 0 Å². The van der Waals surface area contributed by atoms with E-state index < -0.39 is 23.4 Å². The highest BCUT2D eigenvalue weighted by atomic mass is 35.5. The van der Waals surface area contributed by atoms with Crippen LogP contribution in [0.1, 0.15) is 27.6 Å². The summed E-state index contributed by atoms with van der Waals surface area (Å²) in [5.74, 6) is -1.66. The zero-order chi connectivity index (χ0) is 19.3. The maximum absolute atomic E-state index is 11.9. The molecule has 0 aliphatic heterocycles. The fourth-order valence-electron chi connectivity index (χ4n) is 2.00. The van der Waals surface area contributed by atoms with E-state index in [1.807, 2.05) is 0 Å². The van der Waals surface area contributed by atoms with E-state index in [1.165, 1.54) is 13.0 Å². The van der Waals surface area contributed by atoms with Gasteiger partial charge in [-0.3, -0.25) is 19.7 Å². The van der Waals surface area contributed by atoms with Crippen LogP contribution in [0.15, 0.2) is 42.5 Å². The van der Waals surface area contributed by atoms with Crippen molar-refractivity contribution in [3.63, 3.8) is 0 Å². The summed E-state index contributed by atoms with van der Waals surface area (Å²) in [6.07, 6.45) is 0. The number of benzene rings is 2. The summed E-state index contributed by atoms with van der Waals surface area (Å²) in [5, 5.41) is 13.0. The molecule has 0 fully saturated rings. The fraction of sp³-hybridized carbons (Fsp3) is 0.118. The minimum atomic E-state index is -0.891. The summed E-state index contributed by atoms with van der Waals surface area (Å²) < 4.78 is 4.85. The summed E-state index contributed by atoms with van der Waals surface area (Å²) >= 11 is 5.82. The summed E-state index contributed by atoms with van der Waals surface area (Å²) in [5.41, 5.74) is 0.447. The van der Waals surface area contributed by atoms with Crippen molar-refractivity contribution < 1.29 is 24.0 Å². The molecule has 0 radical (unpaired) electrons. The molecule has 9 heteroatoms. The number of Topliss-reactive ketones (excluding diaryl/α,β-unsaturated/α-hetero) is 1. The van der Waals surface area contributed by atoms with E-state index in [0.29, 0.717) is 11.3 Å². The Bertz CT molecular complexity index is 897. The predicted octanol–water partition coefficient (Wildman–Crippen LogP) is 3.25. The molecule has 0 atom stereocenters. The van der Waals surface area contributed by atoms with E-state index in [4.69, 9.17) is 16.3 Å². The number of nitrogens with zero attached hydrogens (tertiary/aromatic N) is 1. The Morgan fingerprint density at radius 1 is 1.19 bits per heavy atom. The molecule has 1 amide bonds. The van der Waals surface area contributed by atoms with E-state index >= 15 is 0 Å². The van der Waals surface area contributed by atoms with Gasteiger partial charge in [-0.15, -0.1) is 0 Å². The first-order chi connectivity index (χ1) is 12.3. The molecule has 134 valence electrons. The lowest BCUT2D eigenvalue weighted by atomic mass is 10.1. The average Bonchev–Trinajstić information content (AvgIpc) is 2.59. The standard InChI is InChI=1S/C17H13ClN2O6/c1-10(21)11-3-2-4-12(7-11)19-16(22)9-26-17(23)14-6-5-13(20(24)25)8-15(14)18/h2-8H,9H2,1H3,(H,19,22). The van der Waals surface area contributed by atoms with Gasteiger partial charge >= 0.3 is 5.97 Å². The minimum Gasteiger partial charge on any atom is -0.452 e. The zero-order valence-electron chi connectivity index (χ0n) is 13.5. The first-order valence-corrected chi connectivity index (χ1v) is 7.67. The van der Waals surface area contributed by atoms with Crippen LogP contribution in [0.25, 0.3) is 0 Å². The maximum Gasteiger partial charge on any atom is 0.340 e. The quantitative estimate of drug-likeness (QED) is 0.358. The molecule has 2 aromatic rings. The molecule has 0 aromatic heterocycles. The van der Waals surface area contributed by atoms with Gasteiger partial charge in [0, 0.05) is 23.4 Å². The number of halogens is 1. The maximum atomic E-state index is 11.9. The highest BCUT2D eigenvalue weighted by molar-refractivity contribution is 6.33. The van der Waals surface area contributed by atoms with Crippen LogP contribution < -0.4 is 5.32 Å². The van der Waals surface area contributed by atoms with Crippen LogP contribution >= 0.6 is 11.6 Å². The minimum absolute atomic E-state index is 0.0938. The molecule has 0 aliphatic rings. The van der Waals surface area contributed by atoms with E-state index in [0.717, 1.165) is 18.2 Å². The lowest BCUT2D eigenvalue weighted by molar-refractivity contribution is -0.384. The van der Waals surface area contributed by atoms with Gasteiger partial charge in [0.25, 0.3) is 11.6 Å². The Morgan fingerprint density at radius 3 is 2.54 bits per heavy atom. The van der Waals surface area contributed by atoms with E-state index in [1.54, 1.807) is 18.2 Å². The van der Waals surface area contributed by atoms with Crippen molar-refractivity contribution in [1.82, 2.24) is 0 Å². The summed E-state index contributed by atoms with van der Waals surface area (Å²) in [4.78, 5) is 45.1. The molecule has 0 saturated carbocycles. The molecule has 0 heterocycles. The smallest absolute Gasteiger partial charge is 0.340 e. The van der Waals surface area contributed by atoms with Crippen LogP contribution in [0.3, 0.4) is 0 Å². The van der Waals surface area contributed by atoms with Crippen LogP contribution in [0.4, 0.5) is 11.4 Å². The number of hydrogen-bond acceptors (Lipinski definition) is 6. The Morgan fingerprint density at radius 2 is 1.92 bits per heavy atom. The van der Waals surface area contributed by atoms with Crippen LogP contribution in [-0.2, 0) is 9.53 Å². The number of nitrogens with one attached hydrogen (secondary N) is 1. The highest BCUT2D eigenvalue weighted by Gasteiger charge is 2.17. The first-order valence-electron chi connectivity index (χ1n) is 7.30. The molecule has 1 N–H and O–H groups in total.